The van der Waals surface area contributed by atoms with E-state index >= 15 is 0 Å². The maximum Gasteiger partial charge on any atom is 0.0907 e. The minimum atomic E-state index is -0.668. The number of likely N-dealkylation sites (N-methyl/N-ethyl adjacent to an activating group) is 1. The first-order valence-electron chi connectivity index (χ1n) is 6.55. The Hall–Kier alpha value is -1.26. The van der Waals surface area contributed by atoms with Crippen molar-refractivity contribution in [2.45, 2.75) is 12.1 Å². The van der Waals surface area contributed by atoms with E-state index in [1.54, 1.807) is 0 Å². The van der Waals surface area contributed by atoms with E-state index in [0.29, 0.717) is 5.02 Å². The van der Waals surface area contributed by atoms with Crippen molar-refractivity contribution < 1.29 is 5.11 Å². The molecule has 0 aliphatic heterocycles. The van der Waals surface area contributed by atoms with Gasteiger partial charge < -0.3 is 15.7 Å². The highest BCUT2D eigenvalue weighted by atomic mass is 35.5. The van der Waals surface area contributed by atoms with Crippen molar-refractivity contribution in [1.82, 2.24) is 0 Å². The van der Waals surface area contributed by atoms with Gasteiger partial charge in [0.25, 0.3) is 0 Å². The van der Waals surface area contributed by atoms with Gasteiger partial charge in [0.05, 0.1) is 22.9 Å². The molecule has 0 saturated carbocycles. The molecule has 3 nitrogen and oxygen atoms in total. The molecule has 0 bridgehead atoms. The van der Waals surface area contributed by atoms with Gasteiger partial charge in [-0.3, -0.25) is 0 Å². The molecule has 0 aromatic heterocycles. The van der Waals surface area contributed by atoms with Crippen molar-refractivity contribution in [3.05, 3.63) is 65.2 Å². The van der Waals surface area contributed by atoms with Crippen LogP contribution in [-0.4, -0.2) is 24.8 Å². The molecule has 0 heterocycles. The van der Waals surface area contributed by atoms with Crippen LogP contribution in [-0.2, 0) is 0 Å². The molecule has 0 aliphatic rings. The highest BCUT2D eigenvalue weighted by Crippen LogP contribution is 2.32. The molecule has 0 saturated heterocycles. The van der Waals surface area contributed by atoms with Gasteiger partial charge in [-0.15, -0.1) is 12.4 Å². The van der Waals surface area contributed by atoms with Gasteiger partial charge in [-0.05, 0) is 17.7 Å². The van der Waals surface area contributed by atoms with Gasteiger partial charge in [-0.2, -0.15) is 0 Å². The van der Waals surface area contributed by atoms with Gasteiger partial charge in [0.2, 0.25) is 0 Å². The number of benzene rings is 2. The third-order valence-electron chi connectivity index (χ3n) is 3.40. The minimum Gasteiger partial charge on any atom is -0.389 e. The number of nitrogens with two attached hydrogens (primary N) is 1. The Kier molecular flexibility index (Phi) is 6.99. The first-order valence-corrected chi connectivity index (χ1v) is 6.93. The number of aliphatic hydroxyl groups excluding tert-OH is 1. The smallest absolute Gasteiger partial charge is 0.0907 e. The molecule has 0 radical (unpaired) electrons. The first-order chi connectivity index (χ1) is 9.65. The van der Waals surface area contributed by atoms with Crippen LogP contribution in [0.3, 0.4) is 0 Å². The average molecular weight is 327 g/mol. The van der Waals surface area contributed by atoms with Crippen molar-refractivity contribution in [2.24, 2.45) is 5.73 Å². The zero-order valence-corrected chi connectivity index (χ0v) is 13.4. The Morgan fingerprint density at radius 1 is 1.10 bits per heavy atom. The van der Waals surface area contributed by atoms with Crippen LogP contribution in [0.15, 0.2) is 54.6 Å². The van der Waals surface area contributed by atoms with Crippen LogP contribution in [0.1, 0.15) is 11.6 Å². The van der Waals surface area contributed by atoms with E-state index in [0.717, 1.165) is 11.3 Å². The molecule has 2 rings (SSSR count). The zero-order chi connectivity index (χ0) is 14.5. The fourth-order valence-corrected chi connectivity index (χ4v) is 2.64. The molecule has 2 atom stereocenters. The molecule has 0 aliphatic carbocycles. The van der Waals surface area contributed by atoms with Crippen LogP contribution in [0.4, 0.5) is 5.69 Å². The maximum absolute atomic E-state index is 10.3. The summed E-state index contributed by atoms with van der Waals surface area (Å²) < 4.78 is 0. The van der Waals surface area contributed by atoms with E-state index in [9.17, 15) is 5.11 Å². The zero-order valence-electron chi connectivity index (χ0n) is 11.8. The lowest BCUT2D eigenvalue weighted by atomic mass is 9.99. The third kappa shape index (κ3) is 4.11. The molecule has 5 heteroatoms. The summed E-state index contributed by atoms with van der Waals surface area (Å²) in [5.74, 6) is 0. The predicted molar refractivity (Wildman–Crippen MR) is 91.3 cm³/mol. The average Bonchev–Trinajstić information content (AvgIpc) is 2.48. The second kappa shape index (κ2) is 8.25. The number of para-hydroxylation sites is 1. The van der Waals surface area contributed by atoms with Gasteiger partial charge >= 0.3 is 0 Å². The number of anilines is 1. The van der Waals surface area contributed by atoms with Crippen molar-refractivity contribution in [1.29, 1.82) is 0 Å². The Bertz CT molecular complexity index is 551. The van der Waals surface area contributed by atoms with Crippen LogP contribution < -0.4 is 10.6 Å². The van der Waals surface area contributed by atoms with Crippen molar-refractivity contribution in [3.8, 4) is 0 Å². The van der Waals surface area contributed by atoms with E-state index in [-0.39, 0.29) is 25.0 Å². The lowest BCUT2D eigenvalue weighted by Crippen LogP contribution is -2.38. The molecule has 2 unspecified atom stereocenters. The van der Waals surface area contributed by atoms with Gasteiger partial charge in [-0.1, -0.05) is 54.1 Å². The lowest BCUT2D eigenvalue weighted by Gasteiger charge is -2.34. The van der Waals surface area contributed by atoms with Crippen LogP contribution in [0, 0.1) is 0 Å². The lowest BCUT2D eigenvalue weighted by molar-refractivity contribution is 0.150. The second-order valence-electron chi connectivity index (χ2n) is 4.72. The van der Waals surface area contributed by atoms with E-state index in [4.69, 9.17) is 17.3 Å². The topological polar surface area (TPSA) is 49.5 Å². The van der Waals surface area contributed by atoms with E-state index in [1.165, 1.54) is 0 Å². The monoisotopic (exact) mass is 326 g/mol. The van der Waals surface area contributed by atoms with Crippen molar-refractivity contribution >= 4 is 29.7 Å². The summed E-state index contributed by atoms with van der Waals surface area (Å²) in [5.41, 5.74) is 7.53. The van der Waals surface area contributed by atoms with Gasteiger partial charge in [0.1, 0.15) is 0 Å². The summed E-state index contributed by atoms with van der Waals surface area (Å²) in [5, 5.41) is 10.9. The number of nitrogens with zero attached hydrogens (tertiary/aromatic N) is 1. The standard InChI is InChI=1S/C16H19ClN2O.ClH/c1-19(14-10-6-5-9-13(14)17)16(15(20)11-18)12-7-3-2-4-8-12;/h2-10,15-16,20H,11,18H2,1H3;1H. The van der Waals surface area contributed by atoms with Crippen LogP contribution >= 0.6 is 24.0 Å². The molecule has 2 aromatic carbocycles. The van der Waals surface area contributed by atoms with Crippen LogP contribution in [0.2, 0.25) is 5.02 Å². The summed E-state index contributed by atoms with van der Waals surface area (Å²) >= 11 is 6.24. The molecular formula is C16H20Cl2N2O. The van der Waals surface area contributed by atoms with Gasteiger partial charge in [0.15, 0.2) is 0 Å². The predicted octanol–water partition coefficient (Wildman–Crippen LogP) is 3.26. The molecule has 21 heavy (non-hydrogen) atoms. The Balaban J connectivity index is 0.00000220. The SMILES string of the molecule is CN(c1ccccc1Cl)C(c1ccccc1)C(O)CN.Cl. The summed E-state index contributed by atoms with van der Waals surface area (Å²) in [7, 11) is 1.91. The van der Waals surface area contributed by atoms with Crippen molar-refractivity contribution in [3.63, 3.8) is 0 Å². The largest absolute Gasteiger partial charge is 0.389 e. The molecule has 0 amide bonds. The van der Waals surface area contributed by atoms with Gasteiger partial charge in [0, 0.05) is 13.6 Å². The summed E-state index contributed by atoms with van der Waals surface area (Å²) in [4.78, 5) is 1.97. The second-order valence-corrected chi connectivity index (χ2v) is 5.13. The molecule has 2 aromatic rings. The fourth-order valence-electron chi connectivity index (χ4n) is 2.37. The number of hydrogen-bond donors (Lipinski definition) is 2. The summed E-state index contributed by atoms with van der Waals surface area (Å²) in [6, 6.07) is 17.2. The number of halogens is 2. The quantitative estimate of drug-likeness (QED) is 0.886. The number of rotatable bonds is 5. The fraction of sp³-hybridized carbons (Fsp3) is 0.250. The van der Waals surface area contributed by atoms with Crippen LogP contribution in [0.25, 0.3) is 0 Å². The van der Waals surface area contributed by atoms with Gasteiger partial charge in [-0.25, -0.2) is 0 Å². The highest BCUT2D eigenvalue weighted by Gasteiger charge is 2.25. The Morgan fingerprint density at radius 3 is 2.24 bits per heavy atom. The maximum atomic E-state index is 10.3. The van der Waals surface area contributed by atoms with Crippen LogP contribution in [0.5, 0.6) is 0 Å². The third-order valence-corrected chi connectivity index (χ3v) is 3.72. The first kappa shape index (κ1) is 17.8. The van der Waals surface area contributed by atoms with E-state index in [1.807, 2.05) is 66.5 Å². The Morgan fingerprint density at radius 2 is 1.67 bits per heavy atom. The normalized spacial score (nSPS) is 13.1. The molecule has 3 N–H and O–H groups in total. The Labute approximate surface area is 136 Å². The summed E-state index contributed by atoms with van der Waals surface area (Å²) in [6.07, 6.45) is -0.668. The van der Waals surface area contributed by atoms with E-state index in [2.05, 4.69) is 0 Å². The summed E-state index contributed by atoms with van der Waals surface area (Å²) in [6.45, 7) is 0.189. The molecule has 114 valence electrons. The molecular weight excluding hydrogens is 307 g/mol. The van der Waals surface area contributed by atoms with Crippen molar-refractivity contribution in [2.75, 3.05) is 18.5 Å². The van der Waals surface area contributed by atoms with E-state index < -0.39 is 6.10 Å². The highest BCUT2D eigenvalue weighted by molar-refractivity contribution is 6.33. The molecule has 0 spiro atoms. The number of aliphatic hydroxyl groups is 1. The number of hydrogen-bond acceptors (Lipinski definition) is 3. The minimum absolute atomic E-state index is 0. The molecule has 0 fully saturated rings.